The summed E-state index contributed by atoms with van der Waals surface area (Å²) in [6.45, 7) is 3.22. The first kappa shape index (κ1) is 17.1. The number of hydrogen-bond donors (Lipinski definition) is 1. The zero-order valence-electron chi connectivity index (χ0n) is 14.3. The molecule has 0 saturated heterocycles. The zero-order chi connectivity index (χ0) is 18.6. The SMILES string of the molecule is CC(=O)N1CCn2c(nc3c2CC(N)C(c2cc(F)c(F)cc2F)C3)C1. The summed E-state index contributed by atoms with van der Waals surface area (Å²) < 4.78 is 43.1. The Morgan fingerprint density at radius 2 is 1.88 bits per heavy atom. The highest BCUT2D eigenvalue weighted by atomic mass is 19.2. The van der Waals surface area contributed by atoms with Crippen molar-refractivity contribution in [2.75, 3.05) is 6.54 Å². The van der Waals surface area contributed by atoms with Gasteiger partial charge in [-0.2, -0.15) is 0 Å². The highest BCUT2D eigenvalue weighted by Crippen LogP contribution is 2.35. The van der Waals surface area contributed by atoms with E-state index in [-0.39, 0.29) is 11.5 Å². The molecule has 1 aromatic heterocycles. The third-order valence-corrected chi connectivity index (χ3v) is 5.40. The number of nitrogens with two attached hydrogens (primary N) is 1. The average Bonchev–Trinajstić information content (AvgIpc) is 2.94. The number of nitrogens with zero attached hydrogens (tertiary/aromatic N) is 3. The molecule has 2 N–H and O–H groups in total. The fourth-order valence-corrected chi connectivity index (χ4v) is 4.00. The monoisotopic (exact) mass is 364 g/mol. The molecular weight excluding hydrogens is 345 g/mol. The second-order valence-corrected chi connectivity index (χ2v) is 6.98. The molecule has 4 rings (SSSR count). The lowest BCUT2D eigenvalue weighted by molar-refractivity contribution is -0.130. The van der Waals surface area contributed by atoms with Gasteiger partial charge in [-0.1, -0.05) is 0 Å². The normalized spacial score (nSPS) is 22.1. The molecule has 8 heteroatoms. The van der Waals surface area contributed by atoms with Crippen LogP contribution in [0.1, 0.15) is 35.6 Å². The number of benzene rings is 1. The van der Waals surface area contributed by atoms with Crippen molar-refractivity contribution in [3.8, 4) is 0 Å². The van der Waals surface area contributed by atoms with Crippen LogP contribution in [0.15, 0.2) is 12.1 Å². The van der Waals surface area contributed by atoms with E-state index in [1.54, 1.807) is 4.90 Å². The molecule has 2 aliphatic rings. The molecule has 2 unspecified atom stereocenters. The van der Waals surface area contributed by atoms with Gasteiger partial charge >= 0.3 is 0 Å². The molecule has 0 spiro atoms. The van der Waals surface area contributed by atoms with Crippen molar-refractivity contribution in [1.82, 2.24) is 14.5 Å². The predicted molar refractivity (Wildman–Crippen MR) is 87.8 cm³/mol. The Hall–Kier alpha value is -2.35. The van der Waals surface area contributed by atoms with Gasteiger partial charge in [0.15, 0.2) is 11.6 Å². The summed E-state index contributed by atoms with van der Waals surface area (Å²) in [4.78, 5) is 17.9. The first-order valence-corrected chi connectivity index (χ1v) is 8.57. The molecule has 0 radical (unpaired) electrons. The molecule has 2 atom stereocenters. The van der Waals surface area contributed by atoms with Crippen molar-refractivity contribution in [3.63, 3.8) is 0 Å². The van der Waals surface area contributed by atoms with Crippen molar-refractivity contribution in [2.24, 2.45) is 5.73 Å². The fraction of sp³-hybridized carbons (Fsp3) is 0.444. The number of imidazole rings is 1. The standard InChI is InChI=1S/C18H19F3N4O/c1-9(26)24-2-3-25-17-7-15(22)11(5-16(17)23-18(25)8-24)10-4-13(20)14(21)6-12(10)19/h4,6,11,15H,2-3,5,7-8,22H2,1H3. The van der Waals surface area contributed by atoms with Crippen LogP contribution in [0, 0.1) is 17.5 Å². The number of fused-ring (bicyclic) bond motifs is 3. The highest BCUT2D eigenvalue weighted by molar-refractivity contribution is 5.73. The van der Waals surface area contributed by atoms with Crippen molar-refractivity contribution in [1.29, 1.82) is 0 Å². The van der Waals surface area contributed by atoms with E-state index >= 15 is 0 Å². The van der Waals surface area contributed by atoms with Crippen LogP contribution in [-0.2, 0) is 30.7 Å². The molecule has 0 fully saturated rings. The van der Waals surface area contributed by atoms with Crippen molar-refractivity contribution in [3.05, 3.63) is 52.4 Å². The topological polar surface area (TPSA) is 64.2 Å². The maximum absolute atomic E-state index is 14.2. The van der Waals surface area contributed by atoms with Gasteiger partial charge in [-0.3, -0.25) is 4.79 Å². The number of amides is 1. The number of carbonyl (C=O) groups excluding carboxylic acids is 1. The number of hydrogen-bond acceptors (Lipinski definition) is 3. The minimum absolute atomic E-state index is 0.00402. The summed E-state index contributed by atoms with van der Waals surface area (Å²) in [7, 11) is 0. The molecule has 1 aliphatic heterocycles. The van der Waals surface area contributed by atoms with Gasteiger partial charge in [-0.05, 0) is 18.1 Å². The number of halogens is 3. The number of rotatable bonds is 1. The van der Waals surface area contributed by atoms with E-state index < -0.39 is 29.4 Å². The van der Waals surface area contributed by atoms with Crippen LogP contribution in [0.3, 0.4) is 0 Å². The van der Waals surface area contributed by atoms with Crippen molar-refractivity contribution in [2.45, 2.75) is 44.8 Å². The van der Waals surface area contributed by atoms with Crippen LogP contribution in [0.4, 0.5) is 13.2 Å². The first-order valence-electron chi connectivity index (χ1n) is 8.57. The summed E-state index contributed by atoms with van der Waals surface area (Å²) in [5.41, 5.74) is 8.13. The van der Waals surface area contributed by atoms with E-state index in [1.165, 1.54) is 6.92 Å². The van der Waals surface area contributed by atoms with E-state index in [9.17, 15) is 18.0 Å². The number of carbonyl (C=O) groups is 1. The largest absolute Gasteiger partial charge is 0.334 e. The van der Waals surface area contributed by atoms with Crippen molar-refractivity contribution < 1.29 is 18.0 Å². The summed E-state index contributed by atoms with van der Waals surface area (Å²) in [6.07, 6.45) is 0.837. The second-order valence-electron chi connectivity index (χ2n) is 6.98. The van der Waals surface area contributed by atoms with E-state index in [4.69, 9.17) is 5.73 Å². The van der Waals surface area contributed by atoms with Crippen LogP contribution in [0.2, 0.25) is 0 Å². The van der Waals surface area contributed by atoms with Gasteiger partial charge in [-0.15, -0.1) is 0 Å². The van der Waals surface area contributed by atoms with E-state index in [0.29, 0.717) is 38.5 Å². The van der Waals surface area contributed by atoms with E-state index in [2.05, 4.69) is 9.55 Å². The molecule has 2 heterocycles. The summed E-state index contributed by atoms with van der Waals surface area (Å²) in [5.74, 6) is -2.78. The molecule has 5 nitrogen and oxygen atoms in total. The van der Waals surface area contributed by atoms with Crippen LogP contribution in [0.25, 0.3) is 0 Å². The Kier molecular flexibility index (Phi) is 4.02. The molecule has 0 saturated carbocycles. The Bertz CT molecular complexity index is 895. The predicted octanol–water partition coefficient (Wildman–Crippen LogP) is 1.87. The van der Waals surface area contributed by atoms with Crippen LogP contribution in [0.5, 0.6) is 0 Å². The van der Waals surface area contributed by atoms with Crippen molar-refractivity contribution >= 4 is 5.91 Å². The van der Waals surface area contributed by atoms with Crippen LogP contribution >= 0.6 is 0 Å². The van der Waals surface area contributed by atoms with Gasteiger partial charge in [0.2, 0.25) is 5.91 Å². The van der Waals surface area contributed by atoms with E-state index in [1.807, 2.05) is 0 Å². The molecule has 138 valence electrons. The van der Waals surface area contributed by atoms with Gasteiger partial charge in [-0.25, -0.2) is 18.2 Å². The number of aromatic nitrogens is 2. The highest BCUT2D eigenvalue weighted by Gasteiger charge is 2.35. The van der Waals surface area contributed by atoms with Gasteiger partial charge in [0.1, 0.15) is 11.6 Å². The maximum atomic E-state index is 14.2. The van der Waals surface area contributed by atoms with Gasteiger partial charge < -0.3 is 15.2 Å². The van der Waals surface area contributed by atoms with Crippen LogP contribution < -0.4 is 5.73 Å². The average molecular weight is 364 g/mol. The van der Waals surface area contributed by atoms with E-state index in [0.717, 1.165) is 23.3 Å². The molecule has 26 heavy (non-hydrogen) atoms. The second kappa shape index (κ2) is 6.12. The molecular formula is C18H19F3N4O. The lowest BCUT2D eigenvalue weighted by atomic mass is 9.80. The third kappa shape index (κ3) is 2.68. The molecule has 2 aromatic rings. The lowest BCUT2D eigenvalue weighted by Crippen LogP contribution is -2.39. The Labute approximate surface area is 148 Å². The lowest BCUT2D eigenvalue weighted by Gasteiger charge is -2.31. The maximum Gasteiger partial charge on any atom is 0.219 e. The molecule has 1 aromatic carbocycles. The zero-order valence-corrected chi connectivity index (χ0v) is 14.3. The minimum Gasteiger partial charge on any atom is -0.334 e. The smallest absolute Gasteiger partial charge is 0.219 e. The minimum atomic E-state index is -1.21. The molecule has 1 aliphatic carbocycles. The third-order valence-electron chi connectivity index (χ3n) is 5.40. The summed E-state index contributed by atoms with van der Waals surface area (Å²) in [6, 6.07) is 1.04. The fourth-order valence-electron chi connectivity index (χ4n) is 4.00. The van der Waals surface area contributed by atoms with Crippen LogP contribution in [-0.4, -0.2) is 32.9 Å². The summed E-state index contributed by atoms with van der Waals surface area (Å²) in [5, 5.41) is 0. The Morgan fingerprint density at radius 3 is 2.62 bits per heavy atom. The molecule has 0 bridgehead atoms. The van der Waals surface area contributed by atoms with Gasteiger partial charge in [0.05, 0.1) is 12.2 Å². The Morgan fingerprint density at radius 1 is 1.15 bits per heavy atom. The quantitative estimate of drug-likeness (QED) is 0.786. The van der Waals surface area contributed by atoms with Gasteiger partial charge in [0, 0.05) is 50.2 Å². The molecule has 1 amide bonds. The van der Waals surface area contributed by atoms with Gasteiger partial charge in [0.25, 0.3) is 0 Å². The first-order chi connectivity index (χ1) is 12.3. The summed E-state index contributed by atoms with van der Waals surface area (Å²) >= 11 is 0. The Balaban J connectivity index is 1.68.